The summed E-state index contributed by atoms with van der Waals surface area (Å²) in [6.45, 7) is -0.283. The minimum Gasteiger partial charge on any atom is -0.493 e. The van der Waals surface area contributed by atoms with Crippen molar-refractivity contribution in [1.29, 1.82) is 5.26 Å². The number of rotatable bonds is 7. The van der Waals surface area contributed by atoms with Gasteiger partial charge in [-0.1, -0.05) is 22.8 Å². The van der Waals surface area contributed by atoms with Gasteiger partial charge in [-0.25, -0.2) is 0 Å². The second-order valence-corrected chi connectivity index (χ2v) is 5.39. The Kier molecular flexibility index (Phi) is 6.83. The molecule has 1 amide bonds. The van der Waals surface area contributed by atoms with Crippen molar-refractivity contribution >= 4 is 29.4 Å². The van der Waals surface area contributed by atoms with E-state index in [9.17, 15) is 4.79 Å². The average Bonchev–Trinajstić information content (AvgIpc) is 2.64. The fourth-order valence-electron chi connectivity index (χ4n) is 2.07. The Morgan fingerprint density at radius 1 is 1.31 bits per heavy atom. The molecule has 0 heterocycles. The second kappa shape index (κ2) is 9.30. The summed E-state index contributed by atoms with van der Waals surface area (Å²) in [5, 5.41) is 15.5. The van der Waals surface area contributed by atoms with Gasteiger partial charge in [0.1, 0.15) is 0 Å². The molecule has 0 aromatic heterocycles. The molecule has 0 aliphatic heterocycles. The van der Waals surface area contributed by atoms with Crippen LogP contribution in [0.1, 0.15) is 11.1 Å². The molecule has 2 rings (SSSR count). The van der Waals surface area contributed by atoms with E-state index in [2.05, 4.69) is 10.5 Å². The smallest absolute Gasteiger partial charge is 0.265 e. The largest absolute Gasteiger partial charge is 0.493 e. The minimum atomic E-state index is -0.400. The van der Waals surface area contributed by atoms with E-state index in [1.807, 2.05) is 6.07 Å². The maximum atomic E-state index is 11.8. The molecule has 0 radical (unpaired) electrons. The molecule has 0 aliphatic rings. The van der Waals surface area contributed by atoms with Gasteiger partial charge in [0, 0.05) is 11.3 Å². The van der Waals surface area contributed by atoms with E-state index in [0.717, 1.165) is 0 Å². The Morgan fingerprint density at radius 3 is 2.81 bits per heavy atom. The Bertz CT molecular complexity index is 862. The Balaban J connectivity index is 1.91. The summed E-state index contributed by atoms with van der Waals surface area (Å²) in [5.74, 6) is 0.477. The highest BCUT2D eigenvalue weighted by molar-refractivity contribution is 6.32. The predicted molar refractivity (Wildman–Crippen MR) is 97.9 cm³/mol. The van der Waals surface area contributed by atoms with Crippen LogP contribution in [0.5, 0.6) is 11.5 Å². The van der Waals surface area contributed by atoms with E-state index in [1.165, 1.54) is 20.4 Å². The summed E-state index contributed by atoms with van der Waals surface area (Å²) in [6, 6.07) is 11.9. The lowest BCUT2D eigenvalue weighted by Gasteiger charge is -2.09. The molecule has 0 fully saturated rings. The van der Waals surface area contributed by atoms with Gasteiger partial charge < -0.3 is 19.6 Å². The maximum absolute atomic E-state index is 11.8. The first-order valence-corrected chi connectivity index (χ1v) is 7.82. The molecule has 0 spiro atoms. The van der Waals surface area contributed by atoms with Crippen LogP contribution in [0.4, 0.5) is 5.69 Å². The molecule has 2 aromatic carbocycles. The van der Waals surface area contributed by atoms with Crippen LogP contribution in [0.25, 0.3) is 0 Å². The topological polar surface area (TPSA) is 92.9 Å². The van der Waals surface area contributed by atoms with E-state index >= 15 is 0 Å². The standard InChI is InChI=1S/C18H16ClN3O4/c1-24-16-8-13(7-15(19)18(16)25-2)10-21-26-11-17(23)22-14-5-3-4-12(6-14)9-20/h3-8,10H,11H2,1-2H3,(H,22,23)/b21-10-. The van der Waals surface area contributed by atoms with Crippen molar-refractivity contribution in [3.8, 4) is 17.6 Å². The zero-order valence-electron chi connectivity index (χ0n) is 14.2. The summed E-state index contributed by atoms with van der Waals surface area (Å²) < 4.78 is 10.3. The lowest BCUT2D eigenvalue weighted by Crippen LogP contribution is -2.17. The molecule has 26 heavy (non-hydrogen) atoms. The van der Waals surface area contributed by atoms with E-state index in [-0.39, 0.29) is 6.61 Å². The molecule has 8 heteroatoms. The van der Waals surface area contributed by atoms with Crippen molar-refractivity contribution in [2.75, 3.05) is 26.1 Å². The number of methoxy groups -OCH3 is 2. The van der Waals surface area contributed by atoms with Gasteiger partial charge in [0.05, 0.1) is 37.1 Å². The number of ether oxygens (including phenoxy) is 2. The monoisotopic (exact) mass is 373 g/mol. The third-order valence-corrected chi connectivity index (χ3v) is 3.48. The normalized spacial score (nSPS) is 10.2. The molecule has 0 saturated heterocycles. The van der Waals surface area contributed by atoms with Gasteiger partial charge in [-0.05, 0) is 30.3 Å². The van der Waals surface area contributed by atoms with Gasteiger partial charge in [-0.2, -0.15) is 5.26 Å². The molecule has 0 bridgehead atoms. The van der Waals surface area contributed by atoms with Crippen molar-refractivity contribution < 1.29 is 19.1 Å². The number of nitrogens with zero attached hydrogens (tertiary/aromatic N) is 2. The van der Waals surface area contributed by atoms with Gasteiger partial charge in [-0.15, -0.1) is 0 Å². The van der Waals surface area contributed by atoms with Gasteiger partial charge in [0.2, 0.25) is 0 Å². The number of nitriles is 1. The molecule has 0 aliphatic carbocycles. The average molecular weight is 374 g/mol. The zero-order valence-corrected chi connectivity index (χ0v) is 14.9. The lowest BCUT2D eigenvalue weighted by atomic mass is 10.2. The van der Waals surface area contributed by atoms with Gasteiger partial charge >= 0.3 is 0 Å². The molecule has 0 unspecified atom stereocenters. The molecular formula is C18H16ClN3O4. The van der Waals surface area contributed by atoms with Crippen molar-refractivity contribution in [3.63, 3.8) is 0 Å². The quantitative estimate of drug-likeness (QED) is 0.594. The first-order chi connectivity index (χ1) is 12.6. The number of hydrogen-bond donors (Lipinski definition) is 1. The van der Waals surface area contributed by atoms with Crippen LogP contribution in [0.15, 0.2) is 41.6 Å². The van der Waals surface area contributed by atoms with E-state index in [0.29, 0.717) is 33.3 Å². The van der Waals surface area contributed by atoms with Gasteiger partial charge in [-0.3, -0.25) is 4.79 Å². The molecule has 0 atom stereocenters. The number of nitrogens with one attached hydrogen (secondary N) is 1. The number of halogens is 1. The van der Waals surface area contributed by atoms with E-state index < -0.39 is 5.91 Å². The summed E-state index contributed by atoms with van der Waals surface area (Å²) in [7, 11) is 2.99. The number of oxime groups is 1. The summed E-state index contributed by atoms with van der Waals surface area (Å²) in [5.41, 5.74) is 1.58. The van der Waals surface area contributed by atoms with Crippen LogP contribution in [0, 0.1) is 11.3 Å². The Morgan fingerprint density at radius 2 is 2.12 bits per heavy atom. The fourth-order valence-corrected chi connectivity index (χ4v) is 2.37. The number of anilines is 1. The lowest BCUT2D eigenvalue weighted by molar-refractivity contribution is -0.120. The number of hydrogen-bond acceptors (Lipinski definition) is 6. The molecule has 1 N–H and O–H groups in total. The van der Waals surface area contributed by atoms with Gasteiger partial charge in [0.15, 0.2) is 18.1 Å². The second-order valence-electron chi connectivity index (χ2n) is 4.99. The molecule has 134 valence electrons. The summed E-state index contributed by atoms with van der Waals surface area (Å²) in [6.07, 6.45) is 1.40. The third-order valence-electron chi connectivity index (χ3n) is 3.20. The summed E-state index contributed by atoms with van der Waals surface area (Å²) >= 11 is 6.10. The molecule has 7 nitrogen and oxygen atoms in total. The van der Waals surface area contributed by atoms with Crippen molar-refractivity contribution in [3.05, 3.63) is 52.5 Å². The minimum absolute atomic E-state index is 0.283. The highest BCUT2D eigenvalue weighted by Crippen LogP contribution is 2.35. The van der Waals surface area contributed by atoms with E-state index in [4.69, 9.17) is 31.2 Å². The number of benzene rings is 2. The van der Waals surface area contributed by atoms with Crippen molar-refractivity contribution in [1.82, 2.24) is 0 Å². The molecule has 2 aromatic rings. The summed E-state index contributed by atoms with van der Waals surface area (Å²) in [4.78, 5) is 16.8. The highest BCUT2D eigenvalue weighted by atomic mass is 35.5. The van der Waals surface area contributed by atoms with E-state index in [1.54, 1.807) is 36.4 Å². The van der Waals surface area contributed by atoms with Crippen molar-refractivity contribution in [2.24, 2.45) is 5.16 Å². The zero-order chi connectivity index (χ0) is 18.9. The number of carbonyl (C=O) groups excluding carboxylic acids is 1. The highest BCUT2D eigenvalue weighted by Gasteiger charge is 2.10. The number of amides is 1. The van der Waals surface area contributed by atoms with Crippen LogP contribution in [0.2, 0.25) is 5.02 Å². The Labute approximate surface area is 155 Å². The Hall–Kier alpha value is -3.24. The maximum Gasteiger partial charge on any atom is 0.265 e. The van der Waals surface area contributed by atoms with Gasteiger partial charge in [0.25, 0.3) is 5.91 Å². The number of carbonyl (C=O) groups is 1. The first kappa shape index (κ1) is 19.1. The molecule has 0 saturated carbocycles. The SMILES string of the molecule is COc1cc(/C=N\OCC(=O)Nc2cccc(C#N)c2)cc(Cl)c1OC. The predicted octanol–water partition coefficient (Wildman–Crippen LogP) is 3.22. The fraction of sp³-hybridized carbons (Fsp3) is 0.167. The van der Waals surface area contributed by atoms with Crippen LogP contribution < -0.4 is 14.8 Å². The van der Waals surface area contributed by atoms with Crippen LogP contribution >= 0.6 is 11.6 Å². The van der Waals surface area contributed by atoms with Crippen molar-refractivity contribution in [2.45, 2.75) is 0 Å². The van der Waals surface area contributed by atoms with Crippen LogP contribution in [-0.2, 0) is 9.63 Å². The first-order valence-electron chi connectivity index (χ1n) is 7.44. The van der Waals surface area contributed by atoms with Crippen LogP contribution in [-0.4, -0.2) is 32.9 Å². The third kappa shape index (κ3) is 5.13. The molecular weight excluding hydrogens is 358 g/mol. The van der Waals surface area contributed by atoms with Crippen LogP contribution in [0.3, 0.4) is 0 Å².